The smallest absolute Gasteiger partial charge is 0.280 e. The van der Waals surface area contributed by atoms with Gasteiger partial charge in [0, 0.05) is 39.2 Å². The number of unbranched alkanes of at least 4 members (excludes halogenated alkanes) is 4. The van der Waals surface area contributed by atoms with Gasteiger partial charge in [-0.05, 0) is 148 Å². The van der Waals surface area contributed by atoms with Gasteiger partial charge in [-0.25, -0.2) is 39.9 Å². The summed E-state index contributed by atoms with van der Waals surface area (Å²) in [6.07, 6.45) is 7.26. The molecule has 0 aliphatic rings. The standard InChI is InChI=1S/C20H28ClN7O5.C19H26ClN7O4.C19H26ClN7O3.C18H24ClN7O3/c21-16-18(23)27-17(22)15(26-16)19(32)28-20(24)25-8-2-1-3-11-4-6-12(7-5-11)33-10-14(31)13(30)9-29;20-15-17(22)26-16(21)14(25-15)18(30)27-19(23)24-8-2-1-3-11-4-6-13(7-5-11)31-10-12(29)9-28;20-15-17(22)26-16(21)14(25-15)18(29)27-19(23)24-9-2-1-4-12-5-7-13(8-6-12)30-11-3-10-28;19-14-16(21)25-15(20)13(24-14)17(28)26-18(22)23-8-2-1-3-11-4-6-12(7-5-11)29-10-9-27/h4-7,13-14,29-31H,1-3,8-10H2,(H4,22,23,27)(H3,24,25,28,32);4-7,12,28-29H,1-3,8-10H2,(H4,21,22,26)(H3,23,24,27,30);5-8,28H,1-4,9-11H2,(H4,21,22,26)(H3,23,24,27,29);4-7,27H,1-3,8-10H2,(H4,20,21,25)(H3,22,23,26,28). The number of carbonyl (C=O) groups is 4. The summed E-state index contributed by atoms with van der Waals surface area (Å²) >= 11 is 23.0. The first-order valence-electron chi connectivity index (χ1n) is 38.0. The van der Waals surface area contributed by atoms with E-state index >= 15 is 0 Å². The number of hydrogen-bond donors (Lipinski definition) is 23. The van der Waals surface area contributed by atoms with Gasteiger partial charge in [0.05, 0.1) is 26.4 Å². The van der Waals surface area contributed by atoms with Crippen LogP contribution in [0.15, 0.2) is 117 Å². The van der Waals surface area contributed by atoms with E-state index in [1.807, 2.05) is 84.9 Å². The predicted octanol–water partition coefficient (Wildman–Crippen LogP) is 1.40. The minimum absolute atomic E-state index is 0.0135. The number of rotatable bonds is 40. The van der Waals surface area contributed by atoms with Crippen molar-refractivity contribution < 1.29 is 73.9 Å². The molecule has 0 spiro atoms. The second-order valence-corrected chi connectivity index (χ2v) is 27.5. The first-order valence-corrected chi connectivity index (χ1v) is 39.5. The van der Waals surface area contributed by atoms with Gasteiger partial charge >= 0.3 is 0 Å². The lowest BCUT2D eigenvalue weighted by molar-refractivity contribution is -0.0339. The molecule has 0 radical (unpaired) electrons. The third-order valence-electron chi connectivity index (χ3n) is 16.4. The maximum atomic E-state index is 12.2. The molecule has 8 rings (SSSR count). The van der Waals surface area contributed by atoms with E-state index in [0.29, 0.717) is 50.7 Å². The minimum Gasteiger partial charge on any atom is -0.494 e. The van der Waals surface area contributed by atoms with Crippen LogP contribution in [-0.2, 0) is 25.7 Å². The highest BCUT2D eigenvalue weighted by Gasteiger charge is 2.22. The molecule has 0 fully saturated rings. The van der Waals surface area contributed by atoms with Crippen LogP contribution in [0.25, 0.3) is 0 Å². The summed E-state index contributed by atoms with van der Waals surface area (Å²) in [5.41, 5.74) is 71.1. The van der Waals surface area contributed by atoms with Gasteiger partial charge in [-0.2, -0.15) is 0 Å². The second-order valence-electron chi connectivity index (χ2n) is 26.1. The summed E-state index contributed by atoms with van der Waals surface area (Å²) < 4.78 is 21.6. The first-order chi connectivity index (χ1) is 58.8. The van der Waals surface area contributed by atoms with Crippen LogP contribution >= 0.6 is 46.4 Å². The van der Waals surface area contributed by atoms with Gasteiger partial charge in [-0.15, -0.1) is 0 Å². The molecule has 0 saturated carbocycles. The Labute approximate surface area is 726 Å². The number of aryl methyl sites for hydroxylation is 4. The molecule has 3 atom stereocenters. The zero-order valence-corrected chi connectivity index (χ0v) is 69.9. The second kappa shape index (κ2) is 54.7. The number of aliphatic hydroxyl groups is 7. The number of aromatic nitrogens is 8. The van der Waals surface area contributed by atoms with Crippen molar-refractivity contribution in [3.8, 4) is 23.0 Å². The summed E-state index contributed by atoms with van der Waals surface area (Å²) in [5.74, 6) is -1.14. The normalized spacial score (nSPS) is 12.2. The number of aliphatic hydroxyl groups excluding tert-OH is 7. The molecule has 0 saturated heterocycles. The van der Waals surface area contributed by atoms with Gasteiger partial charge in [-0.1, -0.05) is 94.9 Å². The molecule has 0 bridgehead atoms. The highest BCUT2D eigenvalue weighted by Crippen LogP contribution is 2.24. The quantitative estimate of drug-likeness (QED) is 0.0147. The molecule has 35 N–H and O–H groups in total. The number of aliphatic imine (C=N–C) groups is 4. The van der Waals surface area contributed by atoms with Gasteiger partial charge in [0.25, 0.3) is 23.6 Å². The highest BCUT2D eigenvalue weighted by atomic mass is 35.5. The van der Waals surface area contributed by atoms with E-state index in [2.05, 4.69) is 81.1 Å². The summed E-state index contributed by atoms with van der Waals surface area (Å²) in [7, 11) is 0. The van der Waals surface area contributed by atoms with Crippen LogP contribution in [0, 0.1) is 0 Å². The van der Waals surface area contributed by atoms with Gasteiger partial charge in [0.15, 0.2) is 114 Å². The van der Waals surface area contributed by atoms with Crippen LogP contribution in [-0.4, -0.2) is 220 Å². The number of amides is 4. The van der Waals surface area contributed by atoms with Crippen molar-refractivity contribution >= 4 is 140 Å². The summed E-state index contributed by atoms with van der Waals surface area (Å²) in [6.45, 7) is 1.66. The minimum atomic E-state index is -1.24. The molecule has 3 unspecified atom stereocenters. The number of guanidine groups is 4. The third kappa shape index (κ3) is 38.0. The average molecular weight is 1790 g/mol. The Hall–Kier alpha value is -12.6. The molecule has 4 aromatic carbocycles. The highest BCUT2D eigenvalue weighted by molar-refractivity contribution is 6.33. The van der Waals surface area contributed by atoms with Gasteiger partial charge in [0.2, 0.25) is 0 Å². The molecule has 4 heterocycles. The Morgan fingerprint density at radius 3 is 0.837 bits per heavy atom. The van der Waals surface area contributed by atoms with E-state index in [1.54, 1.807) is 12.1 Å². The van der Waals surface area contributed by atoms with Crippen molar-refractivity contribution in [1.82, 2.24) is 61.1 Å². The van der Waals surface area contributed by atoms with Gasteiger partial charge < -0.3 is 123 Å². The molecule has 666 valence electrons. The maximum absolute atomic E-state index is 12.2. The number of nitrogens with two attached hydrogens (primary N) is 12. The zero-order valence-electron chi connectivity index (χ0n) is 66.9. The lowest BCUT2D eigenvalue weighted by Gasteiger charge is -2.16. The SMILES string of the molecule is NC(=NCCCCc1ccc(OCC(O)C(O)CO)cc1)NC(=O)c1nc(Cl)c(N)nc1N.NC(=NCCCCc1ccc(OCC(O)CO)cc1)NC(=O)c1nc(Cl)c(N)nc1N.NC(=NCCCCc1ccc(OCCCO)cc1)NC(=O)c1nc(Cl)c(N)nc1N.NC(=NCCCCc1ccc(OCCO)cc1)NC(=O)c1nc(Cl)c(N)nc1N. The van der Waals surface area contributed by atoms with Crippen molar-refractivity contribution in [2.45, 2.75) is 102 Å². The van der Waals surface area contributed by atoms with Crippen LogP contribution < -0.4 is 109 Å². The third-order valence-corrected chi connectivity index (χ3v) is 17.5. The molecular formula is C76H104Cl4N28O15. The number of nitrogen functional groups attached to an aromatic ring is 8. The summed E-state index contributed by atoms with van der Waals surface area (Å²) in [5, 5.41) is 72.3. The Morgan fingerprint density at radius 2 is 0.585 bits per heavy atom. The number of carbonyl (C=O) groups excluding carboxylic acids is 4. The molecule has 47 heteroatoms. The Kier molecular flexibility index (Phi) is 44.9. The molecule has 123 heavy (non-hydrogen) atoms. The summed E-state index contributed by atoms with van der Waals surface area (Å²) in [4.78, 5) is 95.2. The molecule has 0 aliphatic carbocycles. The van der Waals surface area contributed by atoms with Crippen molar-refractivity contribution in [3.05, 3.63) is 163 Å². The van der Waals surface area contributed by atoms with Gasteiger partial charge in [-0.3, -0.25) is 60.4 Å². The molecule has 4 aromatic heterocycles. The van der Waals surface area contributed by atoms with Crippen LogP contribution in [0.2, 0.25) is 20.6 Å². The van der Waals surface area contributed by atoms with Crippen LogP contribution in [0.3, 0.4) is 0 Å². The molecule has 8 aromatic rings. The number of halogens is 4. The number of nitrogens with zero attached hydrogens (tertiary/aromatic N) is 12. The van der Waals surface area contributed by atoms with Crippen LogP contribution in [0.5, 0.6) is 23.0 Å². The lowest BCUT2D eigenvalue weighted by Crippen LogP contribution is -2.38. The molecule has 4 amide bonds. The van der Waals surface area contributed by atoms with Crippen LogP contribution in [0.4, 0.5) is 46.5 Å². The monoisotopic (exact) mass is 1790 g/mol. The predicted molar refractivity (Wildman–Crippen MR) is 470 cm³/mol. The Morgan fingerprint density at radius 1 is 0.325 bits per heavy atom. The summed E-state index contributed by atoms with van der Waals surface area (Å²) in [6, 6.07) is 30.3. The zero-order chi connectivity index (χ0) is 90.3. The number of nitrogens with one attached hydrogen (secondary N) is 4. The van der Waals surface area contributed by atoms with E-state index in [-0.39, 0.29) is 153 Å². The van der Waals surface area contributed by atoms with E-state index < -0.39 is 48.5 Å². The molecule has 43 nitrogen and oxygen atoms in total. The van der Waals surface area contributed by atoms with Gasteiger partial charge in [0.1, 0.15) is 61.1 Å². The van der Waals surface area contributed by atoms with Crippen molar-refractivity contribution in [2.24, 2.45) is 42.9 Å². The van der Waals surface area contributed by atoms with Crippen molar-refractivity contribution in [2.75, 3.05) is 125 Å². The maximum Gasteiger partial charge on any atom is 0.280 e. The van der Waals surface area contributed by atoms with E-state index in [4.69, 9.17) is 155 Å². The fourth-order valence-electron chi connectivity index (χ4n) is 9.94. The van der Waals surface area contributed by atoms with Crippen molar-refractivity contribution in [3.63, 3.8) is 0 Å². The topological polar surface area (TPSA) is 760 Å². The fourth-order valence-corrected chi connectivity index (χ4v) is 10.5. The fraction of sp³-hybridized carbons (Fsp3) is 0.368. The number of ether oxygens (including phenoxy) is 4. The largest absolute Gasteiger partial charge is 0.494 e. The van der Waals surface area contributed by atoms with E-state index in [0.717, 1.165) is 99.7 Å². The average Bonchev–Trinajstić information content (AvgIpc) is 0.846. The number of benzene rings is 4. The van der Waals surface area contributed by atoms with Crippen molar-refractivity contribution in [1.29, 1.82) is 0 Å². The first kappa shape index (κ1) is 101. The van der Waals surface area contributed by atoms with E-state index in [1.165, 1.54) is 11.1 Å². The lowest BCUT2D eigenvalue weighted by atomic mass is 10.1. The Bertz CT molecular complexity index is 4790. The Balaban J connectivity index is 0.000000292. The van der Waals surface area contributed by atoms with E-state index in [9.17, 15) is 34.5 Å². The molecular weight excluding hydrogens is 1690 g/mol. The molecule has 0 aliphatic heterocycles. The number of hydrogen-bond acceptors (Lipinski definition) is 35. The number of anilines is 8. The van der Waals surface area contributed by atoms with Crippen LogP contribution in [0.1, 0.15) is 122 Å².